The molecule has 16 heavy (non-hydrogen) atoms. The van der Waals surface area contributed by atoms with Gasteiger partial charge in [0, 0.05) is 5.41 Å². The summed E-state index contributed by atoms with van der Waals surface area (Å²) in [5.41, 5.74) is -0.155. The lowest BCUT2D eigenvalue weighted by Gasteiger charge is -2.42. The first kappa shape index (κ1) is 9.78. The van der Waals surface area contributed by atoms with Crippen LogP contribution >= 0.6 is 0 Å². The van der Waals surface area contributed by atoms with E-state index >= 15 is 0 Å². The van der Waals surface area contributed by atoms with Crippen LogP contribution in [-0.2, 0) is 14.9 Å². The number of halogens is 1. The van der Waals surface area contributed by atoms with Crippen molar-refractivity contribution in [2.75, 3.05) is 6.61 Å². The molecular weight excluding hydrogens is 211 g/mol. The number of hydrogen-bond donors (Lipinski definition) is 1. The van der Waals surface area contributed by atoms with Gasteiger partial charge in [-0.1, -0.05) is 18.2 Å². The van der Waals surface area contributed by atoms with Gasteiger partial charge in [-0.15, -0.1) is 0 Å². The van der Waals surface area contributed by atoms with Crippen LogP contribution in [0.25, 0.3) is 0 Å². The summed E-state index contributed by atoms with van der Waals surface area (Å²) in [7, 11) is 0. The zero-order chi connectivity index (χ0) is 11.3. The van der Waals surface area contributed by atoms with Gasteiger partial charge >= 0.3 is 5.97 Å². The summed E-state index contributed by atoms with van der Waals surface area (Å²) < 4.78 is 19.1. The van der Waals surface area contributed by atoms with E-state index in [1.54, 1.807) is 18.2 Å². The molecule has 84 valence electrons. The van der Waals surface area contributed by atoms with Crippen LogP contribution < -0.4 is 0 Å². The van der Waals surface area contributed by atoms with E-state index in [-0.39, 0.29) is 11.9 Å². The van der Waals surface area contributed by atoms with Crippen LogP contribution in [0, 0.1) is 11.7 Å². The summed E-state index contributed by atoms with van der Waals surface area (Å²) in [6.07, 6.45) is 0.377. The lowest BCUT2D eigenvalue weighted by atomic mass is 9.57. The van der Waals surface area contributed by atoms with Crippen LogP contribution in [0.1, 0.15) is 12.0 Å². The Hall–Kier alpha value is -1.42. The van der Waals surface area contributed by atoms with Crippen LogP contribution in [0.4, 0.5) is 4.39 Å². The lowest BCUT2D eigenvalue weighted by Crippen LogP contribution is -2.52. The standard InChI is InChI=1S/C12H11FO3/c13-8-4-2-1-3-7(8)12-5-9(16-6-12)10(12)11(14)15/h1-4,9-10H,5-6H2,(H,14,15). The Morgan fingerprint density at radius 1 is 1.50 bits per heavy atom. The lowest BCUT2D eigenvalue weighted by molar-refractivity contribution is -0.150. The first-order valence-electron chi connectivity index (χ1n) is 5.24. The molecule has 3 aliphatic rings. The molecule has 2 bridgehead atoms. The predicted molar refractivity (Wildman–Crippen MR) is 53.6 cm³/mol. The quantitative estimate of drug-likeness (QED) is 0.826. The molecular formula is C12H11FO3. The number of hydrogen-bond acceptors (Lipinski definition) is 2. The SMILES string of the molecule is O=C(O)C1C2CC1(c1ccccc1F)CO2. The zero-order valence-corrected chi connectivity index (χ0v) is 8.52. The van der Waals surface area contributed by atoms with E-state index in [1.807, 2.05) is 0 Å². The average molecular weight is 222 g/mol. The summed E-state index contributed by atoms with van der Waals surface area (Å²) in [4.78, 5) is 11.1. The molecule has 0 radical (unpaired) electrons. The van der Waals surface area contributed by atoms with Gasteiger partial charge in [0.05, 0.1) is 18.6 Å². The molecule has 3 unspecified atom stereocenters. The molecule has 3 atom stereocenters. The summed E-state index contributed by atoms with van der Waals surface area (Å²) in [6, 6.07) is 6.37. The molecule has 1 aliphatic carbocycles. The second-order valence-electron chi connectivity index (χ2n) is 4.51. The van der Waals surface area contributed by atoms with Gasteiger partial charge in [0.15, 0.2) is 0 Å². The monoisotopic (exact) mass is 222 g/mol. The second-order valence-corrected chi connectivity index (χ2v) is 4.51. The Kier molecular flexibility index (Phi) is 1.86. The molecule has 1 N–H and O–H groups in total. The van der Waals surface area contributed by atoms with E-state index in [4.69, 9.17) is 9.84 Å². The van der Waals surface area contributed by atoms with Crippen molar-refractivity contribution in [1.29, 1.82) is 0 Å². The fourth-order valence-electron chi connectivity index (χ4n) is 2.97. The van der Waals surface area contributed by atoms with Crippen molar-refractivity contribution in [2.45, 2.75) is 17.9 Å². The molecule has 1 aromatic rings. The number of carboxylic acids is 1. The highest BCUT2D eigenvalue weighted by atomic mass is 19.1. The van der Waals surface area contributed by atoms with Crippen molar-refractivity contribution in [3.05, 3.63) is 35.6 Å². The number of carbonyl (C=O) groups is 1. The molecule has 0 aromatic heterocycles. The van der Waals surface area contributed by atoms with E-state index in [1.165, 1.54) is 6.07 Å². The van der Waals surface area contributed by atoms with Gasteiger partial charge in [0.25, 0.3) is 0 Å². The Balaban J connectivity index is 2.07. The zero-order valence-electron chi connectivity index (χ0n) is 8.52. The molecule has 1 aromatic carbocycles. The smallest absolute Gasteiger partial charge is 0.310 e. The molecule has 4 rings (SSSR count). The van der Waals surface area contributed by atoms with Crippen molar-refractivity contribution < 1.29 is 19.0 Å². The predicted octanol–water partition coefficient (Wildman–Crippen LogP) is 1.57. The Bertz CT molecular complexity index is 455. The maximum Gasteiger partial charge on any atom is 0.310 e. The number of ether oxygens (including phenoxy) is 1. The topological polar surface area (TPSA) is 46.5 Å². The van der Waals surface area contributed by atoms with Crippen LogP contribution in [-0.4, -0.2) is 23.8 Å². The first-order valence-corrected chi connectivity index (χ1v) is 5.24. The highest BCUT2D eigenvalue weighted by Gasteiger charge is 2.65. The Labute approximate surface area is 91.8 Å². The minimum absolute atomic E-state index is 0.239. The van der Waals surface area contributed by atoms with Gasteiger partial charge in [-0.25, -0.2) is 4.39 Å². The summed E-state index contributed by atoms with van der Waals surface area (Å²) in [5.74, 6) is -1.82. The first-order chi connectivity index (χ1) is 7.65. The van der Waals surface area contributed by atoms with Crippen molar-refractivity contribution in [2.24, 2.45) is 5.92 Å². The third kappa shape index (κ3) is 1.02. The Morgan fingerprint density at radius 3 is 2.88 bits per heavy atom. The molecule has 3 fully saturated rings. The number of rotatable bonds is 2. The molecule has 2 aliphatic heterocycles. The molecule has 0 amide bonds. The van der Waals surface area contributed by atoms with Crippen molar-refractivity contribution in [1.82, 2.24) is 0 Å². The highest BCUT2D eigenvalue weighted by molar-refractivity contribution is 5.76. The highest BCUT2D eigenvalue weighted by Crippen LogP contribution is 2.56. The molecule has 2 heterocycles. The summed E-state index contributed by atoms with van der Waals surface area (Å²) >= 11 is 0. The summed E-state index contributed by atoms with van der Waals surface area (Å²) in [6.45, 7) is 0.315. The van der Waals surface area contributed by atoms with Crippen molar-refractivity contribution in [3.8, 4) is 0 Å². The fraction of sp³-hybridized carbons (Fsp3) is 0.417. The molecule has 0 spiro atoms. The van der Waals surface area contributed by atoms with Gasteiger partial charge in [0.2, 0.25) is 0 Å². The third-order valence-electron chi connectivity index (χ3n) is 3.76. The Morgan fingerprint density at radius 2 is 2.25 bits per heavy atom. The normalized spacial score (nSPS) is 35.8. The number of carboxylic acid groups (broad SMARTS) is 1. The third-order valence-corrected chi connectivity index (χ3v) is 3.76. The summed E-state index contributed by atoms with van der Waals surface area (Å²) in [5, 5.41) is 9.13. The maximum atomic E-state index is 13.7. The maximum absolute atomic E-state index is 13.7. The van der Waals surface area contributed by atoms with Crippen molar-refractivity contribution >= 4 is 5.97 Å². The van der Waals surface area contributed by atoms with Gasteiger partial charge in [-0.2, -0.15) is 0 Å². The van der Waals surface area contributed by atoms with Gasteiger partial charge < -0.3 is 9.84 Å². The van der Waals surface area contributed by atoms with E-state index < -0.39 is 17.3 Å². The minimum Gasteiger partial charge on any atom is -0.481 e. The van der Waals surface area contributed by atoms with Gasteiger partial charge in [-0.05, 0) is 18.1 Å². The van der Waals surface area contributed by atoms with Gasteiger partial charge in [-0.3, -0.25) is 4.79 Å². The number of benzene rings is 1. The molecule has 2 saturated heterocycles. The molecule has 3 nitrogen and oxygen atoms in total. The van der Waals surface area contributed by atoms with E-state index in [9.17, 15) is 9.18 Å². The van der Waals surface area contributed by atoms with Crippen LogP contribution in [0.3, 0.4) is 0 Å². The molecule has 1 saturated carbocycles. The van der Waals surface area contributed by atoms with Crippen LogP contribution in [0.5, 0.6) is 0 Å². The second kappa shape index (κ2) is 3.04. The number of aliphatic carboxylic acids is 1. The van der Waals surface area contributed by atoms with Crippen LogP contribution in [0.2, 0.25) is 0 Å². The largest absolute Gasteiger partial charge is 0.481 e. The average Bonchev–Trinajstić information content (AvgIpc) is 2.75. The van der Waals surface area contributed by atoms with Crippen LogP contribution in [0.15, 0.2) is 24.3 Å². The van der Waals surface area contributed by atoms with E-state index in [0.29, 0.717) is 18.6 Å². The molecule has 4 heteroatoms. The number of fused-ring (bicyclic) bond motifs is 1. The van der Waals surface area contributed by atoms with Crippen molar-refractivity contribution in [3.63, 3.8) is 0 Å². The van der Waals surface area contributed by atoms with E-state index in [0.717, 1.165) is 0 Å². The minimum atomic E-state index is -0.892. The van der Waals surface area contributed by atoms with Gasteiger partial charge in [0.1, 0.15) is 5.82 Å². The van der Waals surface area contributed by atoms with E-state index in [2.05, 4.69) is 0 Å². The fourth-order valence-corrected chi connectivity index (χ4v) is 2.97.